The average Bonchev–Trinajstić information content (AvgIpc) is 2.24. The third-order valence-electron chi connectivity index (χ3n) is 2.31. The Bertz CT molecular complexity index is 368. The minimum atomic E-state index is -1.01. The van der Waals surface area contributed by atoms with Gasteiger partial charge in [0.1, 0.15) is 11.4 Å². The molecule has 0 saturated carbocycles. The molecule has 1 unspecified atom stereocenters. The van der Waals surface area contributed by atoms with Crippen molar-refractivity contribution in [2.75, 3.05) is 5.75 Å². The Kier molecular flexibility index (Phi) is 2.39. The minimum Gasteiger partial charge on any atom is -0.478 e. The maximum absolute atomic E-state index is 11.4. The number of carboxylic acid groups (broad SMARTS) is 1. The van der Waals surface area contributed by atoms with Crippen LogP contribution in [-0.4, -0.2) is 45.5 Å². The van der Waals surface area contributed by atoms with Gasteiger partial charge in [0.2, 0.25) is 6.41 Å². The first kappa shape index (κ1) is 10.0. The van der Waals surface area contributed by atoms with Gasteiger partial charge >= 0.3 is 5.97 Å². The zero-order valence-corrected chi connectivity index (χ0v) is 8.36. The molecule has 80 valence electrons. The predicted molar refractivity (Wildman–Crippen MR) is 51.8 cm³/mol. The zero-order valence-electron chi connectivity index (χ0n) is 7.54. The van der Waals surface area contributed by atoms with E-state index in [1.165, 1.54) is 22.9 Å². The number of nitrogens with zero attached hydrogens (tertiary/aromatic N) is 1. The Labute approximate surface area is 89.3 Å². The molecule has 0 aromatic rings. The van der Waals surface area contributed by atoms with Gasteiger partial charge in [0.15, 0.2) is 0 Å². The summed E-state index contributed by atoms with van der Waals surface area (Å²) in [5.41, 5.74) is 0.203. The van der Waals surface area contributed by atoms with Crippen molar-refractivity contribution >= 4 is 30.0 Å². The molecule has 2 rings (SSSR count). The predicted octanol–water partition coefficient (Wildman–Crippen LogP) is -1.02. The molecular weight excluding hydrogens is 220 g/mol. The van der Waals surface area contributed by atoms with E-state index in [0.717, 1.165) is 0 Å². The Hall–Kier alpha value is -1.50. The number of carbonyl (C=O) groups excluding carboxylic acids is 2. The summed E-state index contributed by atoms with van der Waals surface area (Å²) in [6, 6.07) is -0.515. The van der Waals surface area contributed by atoms with E-state index in [4.69, 9.17) is 5.11 Å². The summed E-state index contributed by atoms with van der Waals surface area (Å²) in [7, 11) is 0. The third-order valence-corrected chi connectivity index (χ3v) is 3.63. The van der Waals surface area contributed by atoms with Crippen molar-refractivity contribution in [3.63, 3.8) is 0 Å². The van der Waals surface area contributed by atoms with Crippen LogP contribution < -0.4 is 5.32 Å². The maximum atomic E-state index is 11.4. The molecule has 0 bridgehead atoms. The second-order valence-electron chi connectivity index (χ2n) is 3.17. The standard InChI is InChI=1S/C8H8N2O4S/c11-3-9-5-6(12)10-1-4(8(13)14)2-15-7(5)10/h1,3,5,7H,2H2,(H,9,11)(H,13,14)/t5?,7-/m1/s1. The molecule has 2 atom stereocenters. The van der Waals surface area contributed by atoms with Crippen LogP contribution in [0.15, 0.2) is 11.8 Å². The van der Waals surface area contributed by atoms with Gasteiger partial charge in [-0.15, -0.1) is 11.8 Å². The van der Waals surface area contributed by atoms with E-state index in [1.807, 2.05) is 0 Å². The summed E-state index contributed by atoms with van der Waals surface area (Å²) < 4.78 is 0. The summed E-state index contributed by atoms with van der Waals surface area (Å²) in [5.74, 6) is -0.931. The Balaban J connectivity index is 2.12. The fourth-order valence-electron chi connectivity index (χ4n) is 1.52. The summed E-state index contributed by atoms with van der Waals surface area (Å²) in [4.78, 5) is 33.6. The minimum absolute atomic E-state index is 0.161. The van der Waals surface area contributed by atoms with Crippen LogP contribution in [0.4, 0.5) is 0 Å². The highest BCUT2D eigenvalue weighted by Crippen LogP contribution is 2.35. The van der Waals surface area contributed by atoms with Gasteiger partial charge in [-0.05, 0) is 0 Å². The highest BCUT2D eigenvalue weighted by atomic mass is 32.2. The van der Waals surface area contributed by atoms with Crippen LogP contribution in [0.3, 0.4) is 0 Å². The second kappa shape index (κ2) is 3.58. The molecule has 2 N–H and O–H groups in total. The molecule has 2 amide bonds. The largest absolute Gasteiger partial charge is 0.478 e. The Morgan fingerprint density at radius 2 is 2.47 bits per heavy atom. The number of hydrogen-bond donors (Lipinski definition) is 2. The molecule has 0 aromatic heterocycles. The van der Waals surface area contributed by atoms with E-state index in [9.17, 15) is 14.4 Å². The van der Waals surface area contributed by atoms with Crippen LogP contribution in [0, 0.1) is 0 Å². The number of amides is 2. The van der Waals surface area contributed by atoms with Crippen molar-refractivity contribution in [3.05, 3.63) is 11.8 Å². The van der Waals surface area contributed by atoms with E-state index < -0.39 is 12.0 Å². The lowest BCUT2D eigenvalue weighted by molar-refractivity contribution is -0.143. The van der Waals surface area contributed by atoms with E-state index in [-0.39, 0.29) is 16.9 Å². The SMILES string of the molecule is O=CNC1C(=O)N2C=C(C(=O)O)CS[C@H]12. The van der Waals surface area contributed by atoms with Gasteiger partial charge in [-0.25, -0.2) is 4.79 Å². The normalized spacial score (nSPS) is 28.7. The fraction of sp³-hybridized carbons (Fsp3) is 0.375. The molecule has 6 nitrogen and oxygen atoms in total. The number of thioether (sulfide) groups is 1. The van der Waals surface area contributed by atoms with Gasteiger partial charge in [-0.1, -0.05) is 0 Å². The zero-order chi connectivity index (χ0) is 11.0. The van der Waals surface area contributed by atoms with E-state index in [1.54, 1.807) is 0 Å². The van der Waals surface area contributed by atoms with E-state index in [0.29, 0.717) is 12.2 Å². The van der Waals surface area contributed by atoms with Crippen LogP contribution in [-0.2, 0) is 14.4 Å². The number of aliphatic carboxylic acids is 1. The van der Waals surface area contributed by atoms with Crippen molar-refractivity contribution in [2.45, 2.75) is 11.4 Å². The lowest BCUT2D eigenvalue weighted by Crippen LogP contribution is -2.67. The number of rotatable bonds is 3. The fourth-order valence-corrected chi connectivity index (χ4v) is 2.79. The molecule has 2 aliphatic heterocycles. The van der Waals surface area contributed by atoms with E-state index >= 15 is 0 Å². The molecule has 7 heteroatoms. The number of nitrogens with one attached hydrogen (secondary N) is 1. The van der Waals surface area contributed by atoms with Gasteiger partial charge in [0, 0.05) is 12.0 Å². The molecular formula is C8H8N2O4S. The van der Waals surface area contributed by atoms with Crippen molar-refractivity contribution in [1.82, 2.24) is 10.2 Å². The molecule has 0 aromatic carbocycles. The lowest BCUT2D eigenvalue weighted by Gasteiger charge is -2.46. The quantitative estimate of drug-likeness (QED) is 0.477. The van der Waals surface area contributed by atoms with Crippen molar-refractivity contribution in [1.29, 1.82) is 0 Å². The first-order chi connectivity index (χ1) is 7.15. The Morgan fingerprint density at radius 3 is 3.07 bits per heavy atom. The van der Waals surface area contributed by atoms with E-state index in [2.05, 4.69) is 5.32 Å². The maximum Gasteiger partial charge on any atom is 0.333 e. The van der Waals surface area contributed by atoms with Gasteiger partial charge in [-0.3, -0.25) is 9.59 Å². The van der Waals surface area contributed by atoms with Crippen LogP contribution in [0.2, 0.25) is 0 Å². The summed E-state index contributed by atoms with van der Waals surface area (Å²) >= 11 is 1.34. The smallest absolute Gasteiger partial charge is 0.333 e. The first-order valence-corrected chi connectivity index (χ1v) is 5.27. The third kappa shape index (κ3) is 1.48. The second-order valence-corrected chi connectivity index (χ2v) is 4.27. The van der Waals surface area contributed by atoms with Crippen LogP contribution >= 0.6 is 11.8 Å². The molecule has 2 heterocycles. The van der Waals surface area contributed by atoms with Crippen molar-refractivity contribution in [3.8, 4) is 0 Å². The number of hydrogen-bond acceptors (Lipinski definition) is 4. The van der Waals surface area contributed by atoms with Gasteiger partial charge in [0.05, 0.1) is 5.57 Å². The molecule has 0 spiro atoms. The van der Waals surface area contributed by atoms with Crippen LogP contribution in [0.25, 0.3) is 0 Å². The highest BCUT2D eigenvalue weighted by molar-refractivity contribution is 8.00. The molecule has 0 aliphatic carbocycles. The van der Waals surface area contributed by atoms with Gasteiger partial charge < -0.3 is 15.3 Å². The number of β-lactam (4-membered cyclic amide) rings is 1. The monoisotopic (exact) mass is 228 g/mol. The topological polar surface area (TPSA) is 86.7 Å². The molecule has 2 aliphatic rings. The van der Waals surface area contributed by atoms with Crippen molar-refractivity contribution < 1.29 is 19.5 Å². The molecule has 0 radical (unpaired) electrons. The summed E-state index contributed by atoms with van der Waals surface area (Å²) in [6.45, 7) is 0. The highest BCUT2D eigenvalue weighted by Gasteiger charge is 2.49. The first-order valence-electron chi connectivity index (χ1n) is 4.22. The summed E-state index contributed by atoms with van der Waals surface area (Å²) in [5, 5.41) is 11.0. The van der Waals surface area contributed by atoms with Gasteiger partial charge in [0.25, 0.3) is 5.91 Å². The summed E-state index contributed by atoms with van der Waals surface area (Å²) in [6.07, 6.45) is 1.83. The van der Waals surface area contributed by atoms with Crippen molar-refractivity contribution in [2.24, 2.45) is 0 Å². The molecule has 1 fully saturated rings. The number of carboxylic acids is 1. The van der Waals surface area contributed by atoms with Crippen LogP contribution in [0.5, 0.6) is 0 Å². The lowest BCUT2D eigenvalue weighted by atomic mass is 10.1. The Morgan fingerprint density at radius 1 is 1.73 bits per heavy atom. The number of carbonyl (C=O) groups is 3. The van der Waals surface area contributed by atoms with Gasteiger partial charge in [-0.2, -0.15) is 0 Å². The average molecular weight is 228 g/mol. The molecule has 1 saturated heterocycles. The molecule has 15 heavy (non-hydrogen) atoms. The number of fused-ring (bicyclic) bond motifs is 1. The van der Waals surface area contributed by atoms with Crippen LogP contribution in [0.1, 0.15) is 0 Å².